The van der Waals surface area contributed by atoms with E-state index in [1.165, 1.54) is 30.0 Å². The van der Waals surface area contributed by atoms with Gasteiger partial charge in [-0.2, -0.15) is 11.8 Å². The van der Waals surface area contributed by atoms with E-state index in [0.29, 0.717) is 28.0 Å². The van der Waals surface area contributed by atoms with Crippen molar-refractivity contribution < 1.29 is 24.0 Å². The molecule has 11 heteroatoms. The van der Waals surface area contributed by atoms with Gasteiger partial charge < -0.3 is 14.8 Å². The number of para-hydroxylation sites is 1. The Balaban J connectivity index is 1.94. The topological polar surface area (TPSA) is 108 Å². The molecule has 0 saturated carbocycles. The van der Waals surface area contributed by atoms with Gasteiger partial charge in [0.05, 0.1) is 15.0 Å². The zero-order valence-corrected chi connectivity index (χ0v) is 18.8. The predicted octanol–water partition coefficient (Wildman–Crippen LogP) is 4.38. The Hall–Kier alpha value is -2.49. The molecule has 2 rings (SSSR count). The van der Waals surface area contributed by atoms with Crippen molar-refractivity contribution in [2.24, 2.45) is 0 Å². The van der Waals surface area contributed by atoms with Crippen molar-refractivity contribution >= 4 is 52.5 Å². The standard InChI is InChI=1S/C20H20Cl2N2O6S/c1-31-11-8-17(23-19(25)13-4-2-5-14(12-13)24(27)28)20(26)30-10-9-29-18-15(21)6-3-7-16(18)22/h2-7,12,17H,8-11H2,1H3,(H,23,25)/t17-/m0/s1. The first-order valence-corrected chi connectivity index (χ1v) is 11.3. The molecule has 166 valence electrons. The number of nitrogens with zero attached hydrogens (tertiary/aromatic N) is 1. The highest BCUT2D eigenvalue weighted by atomic mass is 35.5. The van der Waals surface area contributed by atoms with Crippen LogP contribution in [0.5, 0.6) is 5.75 Å². The fraction of sp³-hybridized carbons (Fsp3) is 0.300. The van der Waals surface area contributed by atoms with Crippen LogP contribution in [0.25, 0.3) is 0 Å². The van der Waals surface area contributed by atoms with Crippen molar-refractivity contribution in [3.63, 3.8) is 0 Å². The predicted molar refractivity (Wildman–Crippen MR) is 120 cm³/mol. The number of rotatable bonds is 11. The van der Waals surface area contributed by atoms with Crippen LogP contribution in [0, 0.1) is 10.1 Å². The SMILES string of the molecule is CSCC[C@H](NC(=O)c1cccc([N+](=O)[O-])c1)C(=O)OCCOc1c(Cl)cccc1Cl. The highest BCUT2D eigenvalue weighted by molar-refractivity contribution is 7.98. The second-order valence-electron chi connectivity index (χ2n) is 6.18. The fourth-order valence-electron chi connectivity index (χ4n) is 2.49. The number of carbonyl (C=O) groups is 2. The maximum atomic E-state index is 12.5. The summed E-state index contributed by atoms with van der Waals surface area (Å²) in [6.07, 6.45) is 2.20. The number of hydrogen-bond donors (Lipinski definition) is 1. The minimum Gasteiger partial charge on any atom is -0.487 e. The number of carbonyl (C=O) groups excluding carboxylic acids is 2. The fourth-order valence-corrected chi connectivity index (χ4v) is 3.47. The van der Waals surface area contributed by atoms with Crippen LogP contribution in [0.2, 0.25) is 10.0 Å². The monoisotopic (exact) mass is 486 g/mol. The molecule has 0 aromatic heterocycles. The van der Waals surface area contributed by atoms with Crippen molar-refractivity contribution in [1.29, 1.82) is 0 Å². The molecular formula is C20H20Cl2N2O6S. The largest absolute Gasteiger partial charge is 0.487 e. The van der Waals surface area contributed by atoms with Crippen LogP contribution in [0.4, 0.5) is 5.69 Å². The van der Waals surface area contributed by atoms with Crippen molar-refractivity contribution in [3.05, 3.63) is 68.2 Å². The Bertz CT molecular complexity index is 923. The first-order valence-electron chi connectivity index (χ1n) is 9.11. The number of benzene rings is 2. The number of non-ortho nitro benzene ring substituents is 1. The molecule has 1 N–H and O–H groups in total. The van der Waals surface area contributed by atoms with Crippen LogP contribution in [0.1, 0.15) is 16.8 Å². The molecular weight excluding hydrogens is 467 g/mol. The van der Waals surface area contributed by atoms with E-state index >= 15 is 0 Å². The maximum absolute atomic E-state index is 12.5. The highest BCUT2D eigenvalue weighted by Gasteiger charge is 2.23. The number of nitrogens with one attached hydrogen (secondary N) is 1. The number of esters is 1. The van der Waals surface area contributed by atoms with Crippen molar-refractivity contribution in [3.8, 4) is 5.75 Å². The number of hydrogen-bond acceptors (Lipinski definition) is 7. The summed E-state index contributed by atoms with van der Waals surface area (Å²) < 4.78 is 10.7. The number of nitro benzene ring substituents is 1. The third-order valence-corrected chi connectivity index (χ3v) is 5.25. The van der Waals surface area contributed by atoms with Crippen molar-refractivity contribution in [2.75, 3.05) is 25.2 Å². The molecule has 31 heavy (non-hydrogen) atoms. The van der Waals surface area contributed by atoms with Crippen LogP contribution in [0.15, 0.2) is 42.5 Å². The average molecular weight is 487 g/mol. The van der Waals surface area contributed by atoms with E-state index in [4.69, 9.17) is 32.7 Å². The minimum absolute atomic E-state index is 0.0171. The summed E-state index contributed by atoms with van der Waals surface area (Å²) in [5.41, 5.74) is -0.140. The summed E-state index contributed by atoms with van der Waals surface area (Å²) in [5, 5.41) is 14.2. The van der Waals surface area contributed by atoms with E-state index in [1.54, 1.807) is 18.2 Å². The zero-order valence-electron chi connectivity index (χ0n) is 16.5. The Morgan fingerprint density at radius 2 is 1.84 bits per heavy atom. The molecule has 0 aliphatic heterocycles. The molecule has 0 aliphatic rings. The Labute approximate surface area is 193 Å². The molecule has 0 unspecified atom stereocenters. The molecule has 2 aromatic carbocycles. The van der Waals surface area contributed by atoms with E-state index in [-0.39, 0.29) is 24.5 Å². The van der Waals surface area contributed by atoms with Crippen molar-refractivity contribution in [1.82, 2.24) is 5.32 Å². The van der Waals surface area contributed by atoms with Gasteiger partial charge >= 0.3 is 5.97 Å². The third kappa shape index (κ3) is 7.61. The second-order valence-corrected chi connectivity index (χ2v) is 7.98. The molecule has 2 aromatic rings. The van der Waals surface area contributed by atoms with Gasteiger partial charge in [0.15, 0.2) is 5.75 Å². The first-order chi connectivity index (χ1) is 14.8. The van der Waals surface area contributed by atoms with Crippen LogP contribution in [0.3, 0.4) is 0 Å². The second kappa shape index (κ2) is 12.4. The molecule has 1 atom stereocenters. The number of amides is 1. The van der Waals surface area contributed by atoms with Crippen LogP contribution in [-0.2, 0) is 9.53 Å². The number of thioether (sulfide) groups is 1. The lowest BCUT2D eigenvalue weighted by molar-refractivity contribution is -0.384. The maximum Gasteiger partial charge on any atom is 0.328 e. The normalized spacial score (nSPS) is 11.5. The summed E-state index contributed by atoms with van der Waals surface area (Å²) in [7, 11) is 0. The van der Waals surface area contributed by atoms with Gasteiger partial charge in [0.1, 0.15) is 19.3 Å². The molecule has 0 spiro atoms. The number of nitro groups is 1. The molecule has 0 aliphatic carbocycles. The molecule has 0 radical (unpaired) electrons. The van der Waals surface area contributed by atoms with Gasteiger partial charge in [0.25, 0.3) is 11.6 Å². The van der Waals surface area contributed by atoms with Gasteiger partial charge in [-0.1, -0.05) is 35.3 Å². The molecule has 0 saturated heterocycles. The van der Waals surface area contributed by atoms with E-state index in [9.17, 15) is 19.7 Å². The summed E-state index contributed by atoms with van der Waals surface area (Å²) in [6, 6.07) is 9.27. The van der Waals surface area contributed by atoms with Crippen LogP contribution in [-0.4, -0.2) is 48.1 Å². The average Bonchev–Trinajstić information content (AvgIpc) is 2.75. The molecule has 8 nitrogen and oxygen atoms in total. The lowest BCUT2D eigenvalue weighted by Gasteiger charge is -2.18. The smallest absolute Gasteiger partial charge is 0.328 e. The van der Waals surface area contributed by atoms with Gasteiger partial charge in [-0.05, 0) is 36.6 Å². The van der Waals surface area contributed by atoms with Gasteiger partial charge in [-0.3, -0.25) is 14.9 Å². The minimum atomic E-state index is -0.914. The quantitative estimate of drug-likeness (QED) is 0.217. The first kappa shape index (κ1) is 24.8. The van der Waals surface area contributed by atoms with Crippen LogP contribution < -0.4 is 10.1 Å². The Morgan fingerprint density at radius 1 is 1.16 bits per heavy atom. The Morgan fingerprint density at radius 3 is 2.48 bits per heavy atom. The summed E-state index contributed by atoms with van der Waals surface area (Å²) in [6.45, 7) is -0.0634. The summed E-state index contributed by atoms with van der Waals surface area (Å²) >= 11 is 13.5. The van der Waals surface area contributed by atoms with Gasteiger partial charge in [-0.15, -0.1) is 0 Å². The van der Waals surface area contributed by atoms with Gasteiger partial charge in [-0.25, -0.2) is 4.79 Å². The van der Waals surface area contributed by atoms with E-state index < -0.39 is 22.8 Å². The Kier molecular flexibility index (Phi) is 9.90. The number of ether oxygens (including phenoxy) is 2. The molecule has 0 bridgehead atoms. The molecule has 0 heterocycles. The molecule has 0 fully saturated rings. The highest BCUT2D eigenvalue weighted by Crippen LogP contribution is 2.32. The van der Waals surface area contributed by atoms with E-state index in [1.807, 2.05) is 6.26 Å². The van der Waals surface area contributed by atoms with Gasteiger partial charge in [0, 0.05) is 17.7 Å². The number of halogens is 2. The zero-order chi connectivity index (χ0) is 22.8. The lowest BCUT2D eigenvalue weighted by atomic mass is 10.1. The van der Waals surface area contributed by atoms with Crippen molar-refractivity contribution in [2.45, 2.75) is 12.5 Å². The third-order valence-electron chi connectivity index (χ3n) is 4.01. The summed E-state index contributed by atoms with van der Waals surface area (Å²) in [4.78, 5) is 35.3. The van der Waals surface area contributed by atoms with E-state index in [0.717, 1.165) is 6.07 Å². The lowest BCUT2D eigenvalue weighted by Crippen LogP contribution is -2.42. The summed E-state index contributed by atoms with van der Waals surface area (Å²) in [5.74, 6) is -0.354. The van der Waals surface area contributed by atoms with E-state index in [2.05, 4.69) is 5.32 Å². The van der Waals surface area contributed by atoms with Crippen LogP contribution >= 0.6 is 35.0 Å². The van der Waals surface area contributed by atoms with Gasteiger partial charge in [0.2, 0.25) is 0 Å². The molecule has 1 amide bonds.